The van der Waals surface area contributed by atoms with Crippen molar-refractivity contribution in [1.82, 2.24) is 5.32 Å². The topological polar surface area (TPSA) is 66.4 Å². The Morgan fingerprint density at radius 1 is 1.44 bits per heavy atom. The van der Waals surface area contributed by atoms with Gasteiger partial charge >= 0.3 is 5.97 Å². The van der Waals surface area contributed by atoms with E-state index in [1.165, 1.54) is 26.7 Å². The van der Waals surface area contributed by atoms with Crippen LogP contribution in [0.5, 0.6) is 0 Å². The fourth-order valence-electron chi connectivity index (χ4n) is 1.63. The highest BCUT2D eigenvalue weighted by atomic mass is 32.2. The number of carbonyl (C=O) groups excluding carboxylic acids is 1. The number of carboxylic acid groups (broad SMARTS) is 1. The van der Waals surface area contributed by atoms with Gasteiger partial charge in [-0.15, -0.1) is 0 Å². The van der Waals surface area contributed by atoms with Crippen LogP contribution >= 0.6 is 11.8 Å². The molecule has 16 heavy (non-hydrogen) atoms. The first-order chi connectivity index (χ1) is 7.42. The van der Waals surface area contributed by atoms with Gasteiger partial charge in [-0.3, -0.25) is 4.79 Å². The maximum atomic E-state index is 11.6. The van der Waals surface area contributed by atoms with E-state index in [0.29, 0.717) is 11.7 Å². The molecule has 1 saturated heterocycles. The second-order valence-corrected chi connectivity index (χ2v) is 6.08. The molecule has 1 aliphatic heterocycles. The van der Waals surface area contributed by atoms with Crippen molar-refractivity contribution >= 4 is 23.6 Å². The number of thioether (sulfide) groups is 1. The largest absolute Gasteiger partial charge is 0.480 e. The van der Waals surface area contributed by atoms with Crippen molar-refractivity contribution in [3.63, 3.8) is 0 Å². The van der Waals surface area contributed by atoms with Gasteiger partial charge in [0.2, 0.25) is 5.91 Å². The minimum absolute atomic E-state index is 0.160. The Kier molecular flexibility index (Phi) is 4.65. The van der Waals surface area contributed by atoms with Crippen molar-refractivity contribution in [2.45, 2.75) is 50.3 Å². The molecule has 0 aromatic carbocycles. The molecule has 0 saturated carbocycles. The molecule has 5 heteroatoms. The predicted molar refractivity (Wildman–Crippen MR) is 64.6 cm³/mol. The Balaban J connectivity index is 2.37. The minimum Gasteiger partial charge on any atom is -0.480 e. The van der Waals surface area contributed by atoms with E-state index in [0.717, 1.165) is 12.2 Å². The van der Waals surface area contributed by atoms with Crippen LogP contribution in [-0.4, -0.2) is 33.5 Å². The summed E-state index contributed by atoms with van der Waals surface area (Å²) in [5.41, 5.74) is -1.17. The van der Waals surface area contributed by atoms with Crippen LogP contribution in [0.25, 0.3) is 0 Å². The third kappa shape index (κ3) is 4.04. The Morgan fingerprint density at radius 3 is 2.62 bits per heavy atom. The SMILES string of the molecule is CC(C)(NC(=O)CC1CCCCS1)C(=O)O. The molecule has 0 bridgehead atoms. The van der Waals surface area contributed by atoms with Crippen molar-refractivity contribution in [2.24, 2.45) is 0 Å². The summed E-state index contributed by atoms with van der Waals surface area (Å²) >= 11 is 1.82. The molecular weight excluding hydrogens is 226 g/mol. The lowest BCUT2D eigenvalue weighted by Crippen LogP contribution is -2.50. The lowest BCUT2D eigenvalue weighted by atomic mass is 10.1. The molecule has 0 spiro atoms. The van der Waals surface area contributed by atoms with Gasteiger partial charge < -0.3 is 10.4 Å². The molecular formula is C11H19NO3S. The molecule has 2 N–H and O–H groups in total. The first kappa shape index (κ1) is 13.4. The summed E-state index contributed by atoms with van der Waals surface area (Å²) in [7, 11) is 0. The van der Waals surface area contributed by atoms with E-state index in [2.05, 4.69) is 5.32 Å². The van der Waals surface area contributed by atoms with Crippen molar-refractivity contribution in [1.29, 1.82) is 0 Å². The fraction of sp³-hybridized carbons (Fsp3) is 0.818. The fourth-order valence-corrected chi connectivity index (χ4v) is 2.93. The van der Waals surface area contributed by atoms with E-state index < -0.39 is 11.5 Å². The summed E-state index contributed by atoms with van der Waals surface area (Å²) < 4.78 is 0. The number of rotatable bonds is 4. The Bertz CT molecular complexity index is 272. The second kappa shape index (κ2) is 5.57. The Morgan fingerprint density at radius 2 is 2.12 bits per heavy atom. The van der Waals surface area contributed by atoms with Crippen molar-refractivity contribution in [3.8, 4) is 0 Å². The first-order valence-electron chi connectivity index (χ1n) is 5.58. The second-order valence-electron chi connectivity index (χ2n) is 4.67. The highest BCUT2D eigenvalue weighted by molar-refractivity contribution is 7.99. The van der Waals surface area contributed by atoms with Crippen LogP contribution in [0.2, 0.25) is 0 Å². The zero-order chi connectivity index (χ0) is 12.2. The standard InChI is InChI=1S/C11H19NO3S/c1-11(2,10(14)15)12-9(13)7-8-5-3-4-6-16-8/h8H,3-7H2,1-2H3,(H,12,13)(H,14,15). The molecule has 0 radical (unpaired) electrons. The molecule has 0 aromatic rings. The molecule has 1 atom stereocenters. The maximum absolute atomic E-state index is 11.6. The van der Waals surface area contributed by atoms with Crippen molar-refractivity contribution in [3.05, 3.63) is 0 Å². The van der Waals surface area contributed by atoms with Crippen molar-refractivity contribution in [2.75, 3.05) is 5.75 Å². The quantitative estimate of drug-likeness (QED) is 0.790. The summed E-state index contributed by atoms with van der Waals surface area (Å²) in [4.78, 5) is 22.5. The third-order valence-electron chi connectivity index (χ3n) is 2.67. The molecule has 1 rings (SSSR count). The Labute approximate surface area is 100 Å². The monoisotopic (exact) mass is 245 g/mol. The van der Waals surface area contributed by atoms with E-state index in [9.17, 15) is 9.59 Å². The van der Waals surface area contributed by atoms with Crippen LogP contribution < -0.4 is 5.32 Å². The van der Waals surface area contributed by atoms with Crippen molar-refractivity contribution < 1.29 is 14.7 Å². The number of nitrogens with one attached hydrogen (secondary N) is 1. The molecule has 4 nitrogen and oxygen atoms in total. The summed E-state index contributed by atoms with van der Waals surface area (Å²) in [5.74, 6) is -0.0516. The van der Waals surface area contributed by atoms with Gasteiger partial charge in [0.15, 0.2) is 0 Å². The van der Waals surface area contributed by atoms with E-state index in [4.69, 9.17) is 5.11 Å². The smallest absolute Gasteiger partial charge is 0.328 e. The predicted octanol–water partition coefficient (Wildman–Crippen LogP) is 1.64. The van der Waals surface area contributed by atoms with Gasteiger partial charge in [0.1, 0.15) is 5.54 Å². The summed E-state index contributed by atoms with van der Waals surface area (Å²) in [6.07, 6.45) is 3.89. The number of carbonyl (C=O) groups is 2. The van der Waals surface area contributed by atoms with Crippen LogP contribution in [0, 0.1) is 0 Å². The molecule has 92 valence electrons. The summed E-state index contributed by atoms with van der Waals surface area (Å²) in [5, 5.41) is 11.8. The molecule has 1 amide bonds. The van der Waals surface area contributed by atoms with E-state index in [1.807, 2.05) is 11.8 Å². The third-order valence-corrected chi connectivity index (χ3v) is 4.07. The summed E-state index contributed by atoms with van der Waals surface area (Å²) in [6, 6.07) is 0. The van der Waals surface area contributed by atoms with Crippen LogP contribution in [-0.2, 0) is 9.59 Å². The van der Waals surface area contributed by atoms with Gasteiger partial charge in [-0.25, -0.2) is 4.79 Å². The number of amides is 1. The van der Waals surface area contributed by atoms with Gasteiger partial charge in [0.05, 0.1) is 0 Å². The van der Waals surface area contributed by atoms with Gasteiger partial charge in [0.25, 0.3) is 0 Å². The number of hydrogen-bond acceptors (Lipinski definition) is 3. The average Bonchev–Trinajstić information content (AvgIpc) is 2.17. The highest BCUT2D eigenvalue weighted by Crippen LogP contribution is 2.27. The van der Waals surface area contributed by atoms with Gasteiger partial charge in [-0.2, -0.15) is 11.8 Å². The van der Waals surface area contributed by atoms with E-state index >= 15 is 0 Å². The average molecular weight is 245 g/mol. The zero-order valence-corrected chi connectivity index (χ0v) is 10.6. The minimum atomic E-state index is -1.17. The molecule has 1 fully saturated rings. The maximum Gasteiger partial charge on any atom is 0.328 e. The molecule has 1 unspecified atom stereocenters. The van der Waals surface area contributed by atoms with Crippen LogP contribution in [0.4, 0.5) is 0 Å². The lowest BCUT2D eigenvalue weighted by molar-refractivity contribution is -0.146. The van der Waals surface area contributed by atoms with E-state index in [-0.39, 0.29) is 5.91 Å². The Hall–Kier alpha value is -0.710. The highest BCUT2D eigenvalue weighted by Gasteiger charge is 2.29. The lowest BCUT2D eigenvalue weighted by Gasteiger charge is -2.24. The van der Waals surface area contributed by atoms with Gasteiger partial charge in [0, 0.05) is 11.7 Å². The molecule has 0 aromatic heterocycles. The molecule has 1 aliphatic rings. The first-order valence-corrected chi connectivity index (χ1v) is 6.63. The van der Waals surface area contributed by atoms with Crippen LogP contribution in [0.1, 0.15) is 39.5 Å². The normalized spacial score (nSPS) is 21.5. The number of hydrogen-bond donors (Lipinski definition) is 2. The zero-order valence-electron chi connectivity index (χ0n) is 9.78. The number of carboxylic acids is 1. The van der Waals surface area contributed by atoms with Gasteiger partial charge in [-0.05, 0) is 32.4 Å². The van der Waals surface area contributed by atoms with Crippen LogP contribution in [0.3, 0.4) is 0 Å². The van der Waals surface area contributed by atoms with Crippen LogP contribution in [0.15, 0.2) is 0 Å². The molecule has 0 aliphatic carbocycles. The number of aliphatic carboxylic acids is 1. The van der Waals surface area contributed by atoms with Gasteiger partial charge in [-0.1, -0.05) is 6.42 Å². The molecule has 1 heterocycles. The van der Waals surface area contributed by atoms with E-state index in [1.54, 1.807) is 0 Å². The summed E-state index contributed by atoms with van der Waals surface area (Å²) in [6.45, 7) is 3.00.